The third kappa shape index (κ3) is 3.57. The molecular formula is C23H22N2O4. The number of anilines is 2. The van der Waals surface area contributed by atoms with Crippen LogP contribution in [-0.4, -0.2) is 26.3 Å². The van der Waals surface area contributed by atoms with E-state index in [0.29, 0.717) is 29.0 Å². The predicted octanol–water partition coefficient (Wildman–Crippen LogP) is 5.57. The highest BCUT2D eigenvalue weighted by Crippen LogP contribution is 2.41. The van der Waals surface area contributed by atoms with E-state index in [2.05, 4.69) is 35.4 Å². The molecule has 148 valence electrons. The first-order valence-corrected chi connectivity index (χ1v) is 9.16. The summed E-state index contributed by atoms with van der Waals surface area (Å²) < 4.78 is 22.3. The number of ether oxygens (including phenoxy) is 3. The third-order valence-electron chi connectivity index (χ3n) is 4.66. The van der Waals surface area contributed by atoms with Gasteiger partial charge in [-0.15, -0.1) is 0 Å². The zero-order valence-electron chi connectivity index (χ0n) is 16.8. The molecule has 0 saturated heterocycles. The van der Waals surface area contributed by atoms with Crippen molar-refractivity contribution in [3.63, 3.8) is 0 Å². The number of rotatable bonds is 6. The molecule has 0 saturated carbocycles. The van der Waals surface area contributed by atoms with Gasteiger partial charge in [-0.1, -0.05) is 42.0 Å². The van der Waals surface area contributed by atoms with Gasteiger partial charge in [-0.25, -0.2) is 0 Å². The molecule has 0 aliphatic heterocycles. The van der Waals surface area contributed by atoms with Crippen LogP contribution < -0.4 is 19.5 Å². The maximum absolute atomic E-state index is 6.07. The van der Waals surface area contributed by atoms with Gasteiger partial charge in [-0.05, 0) is 18.6 Å². The summed E-state index contributed by atoms with van der Waals surface area (Å²) in [5.41, 5.74) is 5.49. The Hall–Kier alpha value is -3.67. The molecule has 0 fully saturated rings. The molecule has 0 aliphatic rings. The molecule has 1 N–H and O–H groups in total. The fourth-order valence-corrected chi connectivity index (χ4v) is 3.32. The van der Waals surface area contributed by atoms with Crippen LogP contribution >= 0.6 is 0 Å². The minimum Gasteiger partial charge on any atom is -0.493 e. The number of hydrogen-bond acceptors (Lipinski definition) is 6. The van der Waals surface area contributed by atoms with Crippen molar-refractivity contribution in [1.82, 2.24) is 4.98 Å². The van der Waals surface area contributed by atoms with Crippen LogP contribution in [0.15, 0.2) is 59.0 Å². The van der Waals surface area contributed by atoms with Crippen molar-refractivity contribution in [3.05, 3.63) is 60.2 Å². The molecule has 0 spiro atoms. The quantitative estimate of drug-likeness (QED) is 0.464. The summed E-state index contributed by atoms with van der Waals surface area (Å²) in [7, 11) is 4.73. The first-order valence-electron chi connectivity index (χ1n) is 9.16. The SMILES string of the molecule is COc1cc(Nc2nc3cccc(-c4cccc(C)c4)c3o2)cc(OC)c1OC. The van der Waals surface area contributed by atoms with Gasteiger partial charge in [-0.2, -0.15) is 4.98 Å². The van der Waals surface area contributed by atoms with Gasteiger partial charge < -0.3 is 23.9 Å². The van der Waals surface area contributed by atoms with E-state index < -0.39 is 0 Å². The monoisotopic (exact) mass is 390 g/mol. The zero-order chi connectivity index (χ0) is 20.4. The van der Waals surface area contributed by atoms with Crippen LogP contribution in [0.1, 0.15) is 5.56 Å². The van der Waals surface area contributed by atoms with Crippen LogP contribution in [0.4, 0.5) is 11.7 Å². The highest BCUT2D eigenvalue weighted by atomic mass is 16.5. The first kappa shape index (κ1) is 18.7. The number of oxazole rings is 1. The van der Waals surface area contributed by atoms with Crippen LogP contribution in [0.25, 0.3) is 22.2 Å². The standard InChI is InChI=1S/C23H22N2O4/c1-14-7-5-8-15(11-14)17-9-6-10-18-21(17)29-23(25-18)24-16-12-19(26-2)22(28-4)20(13-16)27-3/h5-13H,1-4H3,(H,24,25). The Balaban J connectivity index is 1.74. The lowest BCUT2D eigenvalue weighted by atomic mass is 10.0. The molecular weight excluding hydrogens is 368 g/mol. The smallest absolute Gasteiger partial charge is 0.300 e. The van der Waals surface area contributed by atoms with Gasteiger partial charge in [0.1, 0.15) is 5.52 Å². The highest BCUT2D eigenvalue weighted by molar-refractivity contribution is 5.91. The number of para-hydroxylation sites is 1. The topological polar surface area (TPSA) is 65.8 Å². The van der Waals surface area contributed by atoms with Crippen molar-refractivity contribution in [3.8, 4) is 28.4 Å². The molecule has 1 aromatic heterocycles. The Morgan fingerprint density at radius 1 is 0.862 bits per heavy atom. The number of aromatic nitrogens is 1. The lowest BCUT2D eigenvalue weighted by molar-refractivity contribution is 0.324. The van der Waals surface area contributed by atoms with Crippen molar-refractivity contribution in [2.45, 2.75) is 6.92 Å². The molecule has 0 radical (unpaired) electrons. The van der Waals surface area contributed by atoms with Crippen molar-refractivity contribution < 1.29 is 18.6 Å². The van der Waals surface area contributed by atoms with Gasteiger partial charge >= 0.3 is 0 Å². The van der Waals surface area contributed by atoms with E-state index in [1.807, 2.05) is 24.3 Å². The maximum atomic E-state index is 6.07. The molecule has 6 heteroatoms. The summed E-state index contributed by atoms with van der Waals surface area (Å²) in [6.45, 7) is 2.07. The number of aryl methyl sites for hydroxylation is 1. The molecule has 0 unspecified atom stereocenters. The average molecular weight is 390 g/mol. The number of benzene rings is 3. The van der Waals surface area contributed by atoms with Crippen LogP contribution in [0.3, 0.4) is 0 Å². The molecule has 3 aromatic carbocycles. The highest BCUT2D eigenvalue weighted by Gasteiger charge is 2.16. The second kappa shape index (κ2) is 7.75. The second-order valence-electron chi connectivity index (χ2n) is 6.58. The van der Waals surface area contributed by atoms with Crippen LogP contribution in [0.2, 0.25) is 0 Å². The Labute approximate surface area is 169 Å². The summed E-state index contributed by atoms with van der Waals surface area (Å²) in [5, 5.41) is 3.19. The summed E-state index contributed by atoms with van der Waals surface area (Å²) >= 11 is 0. The summed E-state index contributed by atoms with van der Waals surface area (Å²) in [6, 6.07) is 18.2. The maximum Gasteiger partial charge on any atom is 0.300 e. The lowest BCUT2D eigenvalue weighted by Crippen LogP contribution is -1.97. The lowest BCUT2D eigenvalue weighted by Gasteiger charge is -2.14. The van der Waals surface area contributed by atoms with Gasteiger partial charge in [0.15, 0.2) is 17.1 Å². The number of nitrogens with one attached hydrogen (secondary N) is 1. The summed E-state index contributed by atoms with van der Waals surface area (Å²) in [4.78, 5) is 4.58. The van der Waals surface area contributed by atoms with E-state index in [1.54, 1.807) is 33.5 Å². The normalized spacial score (nSPS) is 10.8. The summed E-state index contributed by atoms with van der Waals surface area (Å²) in [6.07, 6.45) is 0. The Morgan fingerprint density at radius 2 is 1.59 bits per heavy atom. The van der Waals surface area contributed by atoms with Crippen molar-refractivity contribution in [2.75, 3.05) is 26.6 Å². The number of nitrogens with zero attached hydrogens (tertiary/aromatic N) is 1. The second-order valence-corrected chi connectivity index (χ2v) is 6.58. The van der Waals surface area contributed by atoms with E-state index in [0.717, 1.165) is 22.2 Å². The van der Waals surface area contributed by atoms with E-state index in [4.69, 9.17) is 18.6 Å². The van der Waals surface area contributed by atoms with Gasteiger partial charge in [0.05, 0.1) is 21.3 Å². The van der Waals surface area contributed by atoms with Gasteiger partial charge in [0, 0.05) is 23.4 Å². The Kier molecular flexibility index (Phi) is 4.99. The molecule has 1 heterocycles. The number of hydrogen-bond donors (Lipinski definition) is 1. The van der Waals surface area contributed by atoms with Crippen molar-refractivity contribution >= 4 is 22.8 Å². The zero-order valence-corrected chi connectivity index (χ0v) is 16.8. The molecule has 4 rings (SSSR count). The Morgan fingerprint density at radius 3 is 2.24 bits per heavy atom. The van der Waals surface area contributed by atoms with E-state index in [-0.39, 0.29) is 0 Å². The molecule has 0 amide bonds. The van der Waals surface area contributed by atoms with Crippen LogP contribution in [-0.2, 0) is 0 Å². The van der Waals surface area contributed by atoms with Crippen molar-refractivity contribution in [1.29, 1.82) is 0 Å². The summed E-state index contributed by atoms with van der Waals surface area (Å²) in [5.74, 6) is 1.62. The predicted molar refractivity (Wildman–Crippen MR) is 114 cm³/mol. The van der Waals surface area contributed by atoms with Gasteiger partial charge in [-0.3, -0.25) is 0 Å². The largest absolute Gasteiger partial charge is 0.493 e. The number of methoxy groups -OCH3 is 3. The van der Waals surface area contributed by atoms with Crippen molar-refractivity contribution in [2.24, 2.45) is 0 Å². The van der Waals surface area contributed by atoms with E-state index in [9.17, 15) is 0 Å². The van der Waals surface area contributed by atoms with Crippen LogP contribution in [0, 0.1) is 6.92 Å². The minimum absolute atomic E-state index is 0.384. The Bertz CT molecular complexity index is 1140. The average Bonchev–Trinajstić information content (AvgIpc) is 3.15. The van der Waals surface area contributed by atoms with E-state index >= 15 is 0 Å². The minimum atomic E-state index is 0.384. The fraction of sp³-hybridized carbons (Fsp3) is 0.174. The number of fused-ring (bicyclic) bond motifs is 1. The molecule has 6 nitrogen and oxygen atoms in total. The fourth-order valence-electron chi connectivity index (χ4n) is 3.32. The molecule has 0 bridgehead atoms. The molecule has 29 heavy (non-hydrogen) atoms. The first-order chi connectivity index (χ1) is 14.1. The molecule has 0 atom stereocenters. The molecule has 4 aromatic rings. The van der Waals surface area contributed by atoms with Gasteiger partial charge in [0.2, 0.25) is 5.75 Å². The third-order valence-corrected chi connectivity index (χ3v) is 4.66. The molecule has 0 aliphatic carbocycles. The van der Waals surface area contributed by atoms with E-state index in [1.165, 1.54) is 5.56 Å². The van der Waals surface area contributed by atoms with Gasteiger partial charge in [0.25, 0.3) is 6.01 Å². The van der Waals surface area contributed by atoms with Crippen LogP contribution in [0.5, 0.6) is 17.2 Å².